The number of aryl methyl sites for hydroxylation is 1. The molecular formula is C24H15F4N3. The molecule has 3 nitrogen and oxygen atoms in total. The quantitative estimate of drug-likeness (QED) is 0.386. The SMILES string of the molecule is C=C1C(c2c(F)c(F)cc(F)c2F)=CC2=C(CCc3cccnc32)N1c1cccnc1. The molecule has 1 aliphatic carbocycles. The molecule has 3 heterocycles. The van der Waals surface area contributed by atoms with E-state index in [0.29, 0.717) is 29.8 Å². The van der Waals surface area contributed by atoms with E-state index in [0.717, 1.165) is 11.3 Å². The van der Waals surface area contributed by atoms with Gasteiger partial charge in [-0.25, -0.2) is 17.6 Å². The molecule has 0 bridgehead atoms. The predicted octanol–water partition coefficient (Wildman–Crippen LogP) is 5.81. The lowest BCUT2D eigenvalue weighted by atomic mass is 9.85. The summed E-state index contributed by atoms with van der Waals surface area (Å²) in [5, 5.41) is 0. The molecule has 1 aliphatic heterocycles. The molecule has 0 unspecified atom stereocenters. The topological polar surface area (TPSA) is 29.0 Å². The fourth-order valence-electron chi connectivity index (χ4n) is 4.13. The average molecular weight is 421 g/mol. The average Bonchev–Trinajstić information content (AvgIpc) is 2.79. The highest BCUT2D eigenvalue weighted by molar-refractivity contribution is 5.99. The van der Waals surface area contributed by atoms with Crippen molar-refractivity contribution >= 4 is 16.8 Å². The molecule has 5 rings (SSSR count). The van der Waals surface area contributed by atoms with Gasteiger partial charge in [-0.1, -0.05) is 12.6 Å². The van der Waals surface area contributed by atoms with Crippen molar-refractivity contribution in [2.24, 2.45) is 0 Å². The van der Waals surface area contributed by atoms with E-state index < -0.39 is 28.8 Å². The minimum absolute atomic E-state index is 0.0606. The van der Waals surface area contributed by atoms with Crippen molar-refractivity contribution in [3.8, 4) is 0 Å². The Morgan fingerprint density at radius 2 is 1.68 bits per heavy atom. The maximum absolute atomic E-state index is 14.7. The number of benzene rings is 1. The standard InChI is InChI=1S/C24H15F4N3/c1-13-16(21-22(27)18(25)11-19(26)23(21)28)10-17-20(31(13)15-5-3-8-29-12-15)7-6-14-4-2-9-30-24(14)17/h2-5,8-12H,1,6-7H2. The van der Waals surface area contributed by atoms with Crippen LogP contribution in [0, 0.1) is 23.3 Å². The van der Waals surface area contributed by atoms with E-state index in [1.807, 2.05) is 12.1 Å². The Bertz CT molecular complexity index is 1270. The van der Waals surface area contributed by atoms with Crippen LogP contribution in [-0.2, 0) is 6.42 Å². The van der Waals surface area contributed by atoms with Gasteiger partial charge in [0.2, 0.25) is 0 Å². The summed E-state index contributed by atoms with van der Waals surface area (Å²) in [5.74, 6) is -5.90. The third kappa shape index (κ3) is 2.96. The molecule has 0 amide bonds. The number of pyridine rings is 2. The number of halogens is 4. The van der Waals surface area contributed by atoms with Crippen LogP contribution in [0.5, 0.6) is 0 Å². The zero-order valence-electron chi connectivity index (χ0n) is 16.2. The zero-order chi connectivity index (χ0) is 21.7. The lowest BCUT2D eigenvalue weighted by molar-refractivity contribution is 0.450. The summed E-state index contributed by atoms with van der Waals surface area (Å²) in [6.07, 6.45) is 7.66. The summed E-state index contributed by atoms with van der Waals surface area (Å²) in [4.78, 5) is 10.3. The van der Waals surface area contributed by atoms with Crippen LogP contribution in [-0.4, -0.2) is 9.97 Å². The first-order valence-electron chi connectivity index (χ1n) is 9.59. The largest absolute Gasteiger partial charge is 0.312 e. The number of aromatic nitrogens is 2. The van der Waals surface area contributed by atoms with Gasteiger partial charge in [-0.15, -0.1) is 0 Å². The minimum atomic E-state index is -1.47. The second kappa shape index (κ2) is 7.19. The molecule has 3 aromatic rings. The molecular weight excluding hydrogens is 406 g/mol. The summed E-state index contributed by atoms with van der Waals surface area (Å²) in [7, 11) is 0. The number of rotatable bonds is 2. The first-order chi connectivity index (χ1) is 15.0. The van der Waals surface area contributed by atoms with Crippen LogP contribution in [0.4, 0.5) is 23.2 Å². The molecule has 0 spiro atoms. The van der Waals surface area contributed by atoms with Gasteiger partial charge in [0.1, 0.15) is 0 Å². The molecule has 1 aromatic carbocycles. The van der Waals surface area contributed by atoms with Crippen LogP contribution < -0.4 is 4.90 Å². The zero-order valence-corrected chi connectivity index (χ0v) is 16.2. The van der Waals surface area contributed by atoms with Crippen molar-refractivity contribution in [2.45, 2.75) is 12.8 Å². The van der Waals surface area contributed by atoms with E-state index >= 15 is 0 Å². The van der Waals surface area contributed by atoms with Gasteiger partial charge >= 0.3 is 0 Å². The Morgan fingerprint density at radius 3 is 2.39 bits per heavy atom. The van der Waals surface area contributed by atoms with Crippen molar-refractivity contribution in [1.82, 2.24) is 9.97 Å². The molecule has 0 saturated heterocycles. The monoisotopic (exact) mass is 421 g/mol. The third-order valence-electron chi connectivity index (χ3n) is 5.51. The van der Waals surface area contributed by atoms with E-state index in [1.54, 1.807) is 35.6 Å². The van der Waals surface area contributed by atoms with Crippen molar-refractivity contribution in [3.05, 3.63) is 113 Å². The molecule has 2 aliphatic rings. The normalized spacial score (nSPS) is 15.5. The molecule has 154 valence electrons. The van der Waals surface area contributed by atoms with Gasteiger partial charge in [-0.3, -0.25) is 9.97 Å². The van der Waals surface area contributed by atoms with Gasteiger partial charge < -0.3 is 4.90 Å². The van der Waals surface area contributed by atoms with E-state index in [-0.39, 0.29) is 17.3 Å². The number of allylic oxidation sites excluding steroid dienone is 4. The molecule has 0 radical (unpaired) electrons. The molecule has 0 saturated carbocycles. The van der Waals surface area contributed by atoms with Crippen LogP contribution in [0.3, 0.4) is 0 Å². The fourth-order valence-corrected chi connectivity index (χ4v) is 4.13. The van der Waals surface area contributed by atoms with Crippen LogP contribution in [0.15, 0.2) is 73.0 Å². The number of fused-ring (bicyclic) bond motifs is 2. The Labute approximate surface area is 175 Å². The summed E-state index contributed by atoms with van der Waals surface area (Å²) in [5.41, 5.74) is 3.02. The predicted molar refractivity (Wildman–Crippen MR) is 110 cm³/mol. The van der Waals surface area contributed by atoms with Gasteiger partial charge in [0.25, 0.3) is 0 Å². The second-order valence-corrected chi connectivity index (χ2v) is 7.27. The molecule has 0 atom stereocenters. The summed E-state index contributed by atoms with van der Waals surface area (Å²) in [6, 6.07) is 7.44. The molecule has 31 heavy (non-hydrogen) atoms. The van der Waals surface area contributed by atoms with Gasteiger partial charge in [0, 0.05) is 41.0 Å². The summed E-state index contributed by atoms with van der Waals surface area (Å²) in [6.45, 7) is 4.02. The number of nitrogens with zero attached hydrogens (tertiary/aromatic N) is 3. The first kappa shape index (κ1) is 19.2. The van der Waals surface area contributed by atoms with Crippen LogP contribution in [0.1, 0.15) is 23.2 Å². The summed E-state index contributed by atoms with van der Waals surface area (Å²) < 4.78 is 57.5. The lowest BCUT2D eigenvalue weighted by Gasteiger charge is -2.37. The van der Waals surface area contributed by atoms with E-state index in [4.69, 9.17) is 0 Å². The van der Waals surface area contributed by atoms with E-state index in [9.17, 15) is 17.6 Å². The van der Waals surface area contributed by atoms with Crippen molar-refractivity contribution < 1.29 is 17.6 Å². The Morgan fingerprint density at radius 1 is 0.935 bits per heavy atom. The van der Waals surface area contributed by atoms with Crippen molar-refractivity contribution in [2.75, 3.05) is 4.90 Å². The first-order valence-corrected chi connectivity index (χ1v) is 9.59. The van der Waals surface area contributed by atoms with Crippen LogP contribution in [0.2, 0.25) is 0 Å². The molecule has 0 N–H and O–H groups in total. The maximum atomic E-state index is 14.7. The summed E-state index contributed by atoms with van der Waals surface area (Å²) >= 11 is 0. The smallest absolute Gasteiger partial charge is 0.169 e. The highest BCUT2D eigenvalue weighted by Crippen LogP contribution is 2.45. The molecule has 2 aromatic heterocycles. The number of anilines is 1. The number of hydrogen-bond acceptors (Lipinski definition) is 3. The Kier molecular flexibility index (Phi) is 4.46. The van der Waals surface area contributed by atoms with E-state index in [2.05, 4.69) is 16.5 Å². The van der Waals surface area contributed by atoms with Gasteiger partial charge in [0.05, 0.1) is 23.1 Å². The van der Waals surface area contributed by atoms with Crippen LogP contribution >= 0.6 is 0 Å². The minimum Gasteiger partial charge on any atom is -0.312 e. The Hall–Kier alpha value is -3.74. The van der Waals surface area contributed by atoms with Gasteiger partial charge in [0.15, 0.2) is 23.3 Å². The maximum Gasteiger partial charge on any atom is 0.169 e. The second-order valence-electron chi connectivity index (χ2n) is 7.27. The van der Waals surface area contributed by atoms with Gasteiger partial charge in [-0.2, -0.15) is 0 Å². The highest BCUT2D eigenvalue weighted by atomic mass is 19.2. The van der Waals surface area contributed by atoms with Crippen molar-refractivity contribution in [1.29, 1.82) is 0 Å². The highest BCUT2D eigenvalue weighted by Gasteiger charge is 2.34. The molecule has 0 fully saturated rings. The van der Waals surface area contributed by atoms with Gasteiger partial charge in [-0.05, 0) is 42.7 Å². The number of hydrogen-bond donors (Lipinski definition) is 0. The molecule has 7 heteroatoms. The fraction of sp³-hybridized carbons (Fsp3) is 0.0833. The van der Waals surface area contributed by atoms with E-state index in [1.165, 1.54) is 6.08 Å². The lowest BCUT2D eigenvalue weighted by Crippen LogP contribution is -2.29. The third-order valence-corrected chi connectivity index (χ3v) is 5.51. The Balaban J connectivity index is 1.81. The van der Waals surface area contributed by atoms with Crippen LogP contribution in [0.25, 0.3) is 11.1 Å². The van der Waals surface area contributed by atoms with Crippen molar-refractivity contribution in [3.63, 3.8) is 0 Å².